The Morgan fingerprint density at radius 1 is 1.19 bits per heavy atom. The molecule has 3 N–H and O–H groups in total. The number of imidazole rings is 1. The number of aromatic nitrogens is 2. The lowest BCUT2D eigenvalue weighted by Crippen LogP contribution is -2.26. The summed E-state index contributed by atoms with van der Waals surface area (Å²) in [5, 5.41) is 11.4. The van der Waals surface area contributed by atoms with Crippen molar-refractivity contribution >= 4 is 27.4 Å². The molecule has 0 fully saturated rings. The molecule has 0 atom stereocenters. The fraction of sp³-hybridized carbons (Fsp3) is 0.176. The van der Waals surface area contributed by atoms with Crippen molar-refractivity contribution in [3.8, 4) is 11.1 Å². The molecule has 0 bridgehead atoms. The van der Waals surface area contributed by atoms with Crippen molar-refractivity contribution in [1.82, 2.24) is 14.1 Å². The van der Waals surface area contributed by atoms with Gasteiger partial charge in [-0.1, -0.05) is 12.1 Å². The van der Waals surface area contributed by atoms with E-state index in [-0.39, 0.29) is 24.0 Å². The number of hydrogen-bond acceptors (Lipinski definition) is 5. The summed E-state index contributed by atoms with van der Waals surface area (Å²) in [6.07, 6.45) is 3.49. The van der Waals surface area contributed by atoms with Gasteiger partial charge in [-0.2, -0.15) is 0 Å². The van der Waals surface area contributed by atoms with Gasteiger partial charge in [0.25, 0.3) is 0 Å². The topological polar surface area (TPSA) is 113 Å². The molecule has 0 saturated heterocycles. The van der Waals surface area contributed by atoms with E-state index in [1.807, 2.05) is 6.07 Å². The number of amides is 1. The van der Waals surface area contributed by atoms with Crippen LogP contribution in [-0.4, -0.2) is 42.0 Å². The van der Waals surface area contributed by atoms with Gasteiger partial charge in [-0.3, -0.25) is 4.79 Å². The highest BCUT2D eigenvalue weighted by Gasteiger charge is 2.14. The summed E-state index contributed by atoms with van der Waals surface area (Å²) >= 11 is 0. The molecular formula is C17H18N4O4S. The molecule has 8 nitrogen and oxygen atoms in total. The van der Waals surface area contributed by atoms with Crippen LogP contribution >= 0.6 is 0 Å². The average molecular weight is 374 g/mol. The van der Waals surface area contributed by atoms with Gasteiger partial charge in [0, 0.05) is 19.7 Å². The van der Waals surface area contributed by atoms with E-state index >= 15 is 0 Å². The third-order valence-electron chi connectivity index (χ3n) is 3.64. The number of carbonyl (C=O) groups is 1. The van der Waals surface area contributed by atoms with Crippen molar-refractivity contribution in [3.63, 3.8) is 0 Å². The first-order valence-corrected chi connectivity index (χ1v) is 9.35. The molecule has 0 aliphatic rings. The van der Waals surface area contributed by atoms with Crippen LogP contribution in [0.15, 0.2) is 53.7 Å². The van der Waals surface area contributed by atoms with Gasteiger partial charge in [0.2, 0.25) is 15.9 Å². The minimum Gasteiger partial charge on any atom is -0.395 e. The van der Waals surface area contributed by atoms with Gasteiger partial charge < -0.3 is 14.8 Å². The van der Waals surface area contributed by atoms with Crippen molar-refractivity contribution in [2.75, 3.05) is 18.5 Å². The zero-order chi connectivity index (χ0) is 18.7. The van der Waals surface area contributed by atoms with Crippen LogP contribution in [0.1, 0.15) is 6.92 Å². The van der Waals surface area contributed by atoms with Crippen LogP contribution in [-0.2, 0) is 14.8 Å². The van der Waals surface area contributed by atoms with Crippen molar-refractivity contribution in [2.24, 2.45) is 0 Å². The molecular weight excluding hydrogens is 356 g/mol. The molecule has 2 heterocycles. The van der Waals surface area contributed by atoms with Gasteiger partial charge >= 0.3 is 0 Å². The number of aliphatic hydroxyl groups excluding tert-OH is 1. The largest absolute Gasteiger partial charge is 0.395 e. The first kappa shape index (κ1) is 18.1. The zero-order valence-electron chi connectivity index (χ0n) is 14.0. The number of nitrogens with zero attached hydrogens (tertiary/aromatic N) is 2. The summed E-state index contributed by atoms with van der Waals surface area (Å²) in [5.74, 6) is 0.237. The maximum atomic E-state index is 12.2. The number of nitrogens with one attached hydrogen (secondary N) is 2. The molecule has 26 heavy (non-hydrogen) atoms. The second-order valence-corrected chi connectivity index (χ2v) is 7.41. The summed E-state index contributed by atoms with van der Waals surface area (Å²) in [6, 6.07) is 10.1. The molecule has 0 spiro atoms. The minimum atomic E-state index is -3.68. The average Bonchev–Trinajstić information content (AvgIpc) is 3.00. The van der Waals surface area contributed by atoms with Gasteiger partial charge in [0.1, 0.15) is 5.65 Å². The van der Waals surface area contributed by atoms with Gasteiger partial charge in [-0.25, -0.2) is 18.1 Å². The number of benzene rings is 1. The molecule has 0 saturated carbocycles. The van der Waals surface area contributed by atoms with Crippen molar-refractivity contribution in [1.29, 1.82) is 0 Å². The number of fused-ring (bicyclic) bond motifs is 1. The number of aliphatic hydroxyl groups is 1. The van der Waals surface area contributed by atoms with Crippen LogP contribution in [0.5, 0.6) is 0 Å². The number of rotatable bonds is 6. The van der Waals surface area contributed by atoms with E-state index in [1.165, 1.54) is 13.0 Å². The summed E-state index contributed by atoms with van der Waals surface area (Å²) in [5.41, 5.74) is 2.17. The Hall–Kier alpha value is -2.75. The Morgan fingerprint density at radius 2 is 2.00 bits per heavy atom. The second kappa shape index (κ2) is 7.24. The molecule has 136 valence electrons. The smallest absolute Gasteiger partial charge is 0.240 e. The molecule has 2 aromatic heterocycles. The van der Waals surface area contributed by atoms with Crippen LogP contribution < -0.4 is 10.0 Å². The molecule has 1 aromatic carbocycles. The molecule has 0 aliphatic carbocycles. The highest BCUT2D eigenvalue weighted by Crippen LogP contribution is 2.23. The van der Waals surface area contributed by atoms with Crippen molar-refractivity contribution in [2.45, 2.75) is 11.8 Å². The normalized spacial score (nSPS) is 11.6. The summed E-state index contributed by atoms with van der Waals surface area (Å²) < 4.78 is 28.5. The van der Waals surface area contributed by atoms with E-state index in [0.717, 1.165) is 5.56 Å². The van der Waals surface area contributed by atoms with Crippen molar-refractivity contribution in [3.05, 3.63) is 48.8 Å². The lowest BCUT2D eigenvalue weighted by atomic mass is 10.1. The number of carbonyl (C=O) groups excluding carboxylic acids is 1. The Morgan fingerprint density at radius 3 is 2.73 bits per heavy atom. The molecule has 1 amide bonds. The standard InChI is InChI=1S/C17H18N4O4S/c1-12(23)19-16-11-21-10-14(5-6-17(21)20-16)13-3-2-4-15(9-13)26(24,25)18-7-8-22/h2-6,9-11,18,22H,7-8H2,1H3,(H,19,23). The Kier molecular flexibility index (Phi) is 5.03. The van der Waals surface area contributed by atoms with Crippen LogP contribution in [0, 0.1) is 0 Å². The maximum Gasteiger partial charge on any atom is 0.240 e. The molecule has 0 aliphatic heterocycles. The first-order valence-electron chi connectivity index (χ1n) is 7.86. The summed E-state index contributed by atoms with van der Waals surface area (Å²) in [6.45, 7) is 1.10. The molecule has 3 rings (SSSR count). The Labute approximate surface area is 150 Å². The van der Waals surface area contributed by atoms with E-state index in [4.69, 9.17) is 5.11 Å². The van der Waals surface area contributed by atoms with E-state index < -0.39 is 10.0 Å². The highest BCUT2D eigenvalue weighted by atomic mass is 32.2. The number of hydrogen-bond donors (Lipinski definition) is 3. The van der Waals surface area contributed by atoms with E-state index in [2.05, 4.69) is 15.0 Å². The molecule has 3 aromatic rings. The Balaban J connectivity index is 1.96. The molecule has 9 heteroatoms. The highest BCUT2D eigenvalue weighted by molar-refractivity contribution is 7.89. The van der Waals surface area contributed by atoms with Gasteiger partial charge in [-0.15, -0.1) is 0 Å². The third kappa shape index (κ3) is 3.90. The SMILES string of the molecule is CC(=O)Nc1cn2cc(-c3cccc(S(=O)(=O)NCCO)c3)ccc2n1. The first-order chi connectivity index (χ1) is 12.4. The number of anilines is 1. The van der Waals surface area contributed by atoms with E-state index in [1.54, 1.807) is 41.1 Å². The van der Waals surface area contributed by atoms with Crippen LogP contribution in [0.25, 0.3) is 16.8 Å². The quantitative estimate of drug-likeness (QED) is 0.601. The van der Waals surface area contributed by atoms with E-state index in [9.17, 15) is 13.2 Å². The Bertz CT molecular complexity index is 1060. The van der Waals surface area contributed by atoms with Crippen LogP contribution in [0.2, 0.25) is 0 Å². The summed E-state index contributed by atoms with van der Waals surface area (Å²) in [7, 11) is -3.68. The summed E-state index contributed by atoms with van der Waals surface area (Å²) in [4.78, 5) is 15.5. The van der Waals surface area contributed by atoms with Gasteiger partial charge in [0.15, 0.2) is 5.82 Å². The number of sulfonamides is 1. The third-order valence-corrected chi connectivity index (χ3v) is 5.10. The van der Waals surface area contributed by atoms with Crippen molar-refractivity contribution < 1.29 is 18.3 Å². The van der Waals surface area contributed by atoms with Gasteiger partial charge in [-0.05, 0) is 35.4 Å². The molecule has 0 radical (unpaired) electrons. The number of pyridine rings is 1. The zero-order valence-corrected chi connectivity index (χ0v) is 14.8. The lowest BCUT2D eigenvalue weighted by Gasteiger charge is -2.08. The van der Waals surface area contributed by atoms with Gasteiger partial charge in [0.05, 0.1) is 17.7 Å². The monoisotopic (exact) mass is 374 g/mol. The lowest BCUT2D eigenvalue weighted by molar-refractivity contribution is -0.114. The predicted molar refractivity (Wildman–Crippen MR) is 97.2 cm³/mol. The fourth-order valence-electron chi connectivity index (χ4n) is 2.51. The second-order valence-electron chi connectivity index (χ2n) is 5.64. The predicted octanol–water partition coefficient (Wildman–Crippen LogP) is 1.23. The van der Waals surface area contributed by atoms with E-state index in [0.29, 0.717) is 17.0 Å². The minimum absolute atomic E-state index is 0.0422. The maximum absolute atomic E-state index is 12.2. The van der Waals surface area contributed by atoms with Crippen LogP contribution in [0.3, 0.4) is 0 Å². The fourth-order valence-corrected chi connectivity index (χ4v) is 3.58. The molecule has 0 unspecified atom stereocenters. The van der Waals surface area contributed by atoms with Crippen LogP contribution in [0.4, 0.5) is 5.82 Å².